The van der Waals surface area contributed by atoms with Gasteiger partial charge >= 0.3 is 13.2 Å². The van der Waals surface area contributed by atoms with E-state index >= 15 is 0 Å². The van der Waals surface area contributed by atoms with Crippen LogP contribution in [0, 0.1) is 0 Å². The van der Waals surface area contributed by atoms with Gasteiger partial charge in [0.25, 0.3) is 0 Å². The molecule has 39 heavy (non-hydrogen) atoms. The van der Waals surface area contributed by atoms with E-state index in [1.165, 1.54) is 4.90 Å². The van der Waals surface area contributed by atoms with E-state index in [1.807, 2.05) is 12.1 Å². The van der Waals surface area contributed by atoms with Crippen LogP contribution in [0.3, 0.4) is 0 Å². The first-order valence-electron chi connectivity index (χ1n) is 13.3. The second kappa shape index (κ2) is 9.40. The minimum absolute atomic E-state index is 0.295. The molecule has 1 atom stereocenters. The number of benzene rings is 3. The van der Waals surface area contributed by atoms with Crippen LogP contribution in [0.15, 0.2) is 60.7 Å². The van der Waals surface area contributed by atoms with Gasteiger partial charge in [0, 0.05) is 12.1 Å². The lowest BCUT2D eigenvalue weighted by atomic mass is 9.78. The molecule has 0 radical (unpaired) electrons. The van der Waals surface area contributed by atoms with E-state index in [2.05, 4.69) is 86.2 Å². The van der Waals surface area contributed by atoms with Gasteiger partial charge in [0.15, 0.2) is 5.15 Å². The summed E-state index contributed by atoms with van der Waals surface area (Å²) >= 11 is 6.47. The van der Waals surface area contributed by atoms with Gasteiger partial charge in [-0.1, -0.05) is 66.2 Å². The Morgan fingerprint density at radius 2 is 1.59 bits per heavy atom. The molecule has 1 amide bonds. The normalized spacial score (nSPS) is 20.2. The zero-order valence-corrected chi connectivity index (χ0v) is 23.2. The Labute approximate surface area is 233 Å². The van der Waals surface area contributed by atoms with Crippen LogP contribution < -0.4 is 5.46 Å². The summed E-state index contributed by atoms with van der Waals surface area (Å²) in [6.45, 7) is 8.76. The second-order valence-electron chi connectivity index (χ2n) is 11.4. The standard InChI is InChI=1S/C30H31BClN3O4/c1-29(2)30(3,4)39-31(38-29)23-14-13-21-16-20(11-12-22(21)17-23)18-7-9-19(10-8-18)25-26(32)34-27(33-25)24-6-5-15-35(24)28(36)37/h7-14,16-17,24H,5-6,15H2,1-4H3,(H,33,34)(H,36,37). The summed E-state index contributed by atoms with van der Waals surface area (Å²) in [6.07, 6.45) is 0.607. The molecule has 200 valence electrons. The first-order valence-corrected chi connectivity index (χ1v) is 13.7. The molecule has 2 aliphatic rings. The third kappa shape index (κ3) is 4.60. The average molecular weight is 544 g/mol. The predicted molar refractivity (Wildman–Crippen MR) is 154 cm³/mol. The average Bonchev–Trinajstić information content (AvgIpc) is 3.59. The molecule has 3 heterocycles. The maximum Gasteiger partial charge on any atom is 0.494 e. The zero-order valence-electron chi connectivity index (χ0n) is 22.5. The van der Waals surface area contributed by atoms with E-state index in [-0.39, 0.29) is 24.4 Å². The number of imidazole rings is 1. The second-order valence-corrected chi connectivity index (χ2v) is 11.8. The Bertz CT molecular complexity index is 1550. The molecule has 2 N–H and O–H groups in total. The van der Waals surface area contributed by atoms with Crippen LogP contribution in [0.2, 0.25) is 5.15 Å². The molecule has 1 unspecified atom stereocenters. The van der Waals surface area contributed by atoms with E-state index in [0.717, 1.165) is 45.8 Å². The third-order valence-corrected chi connectivity index (χ3v) is 8.66. The Morgan fingerprint density at radius 1 is 0.974 bits per heavy atom. The lowest BCUT2D eigenvalue weighted by Gasteiger charge is -2.32. The minimum atomic E-state index is -0.935. The Kier molecular flexibility index (Phi) is 6.25. The van der Waals surface area contributed by atoms with Crippen molar-refractivity contribution < 1.29 is 19.2 Å². The van der Waals surface area contributed by atoms with Crippen LogP contribution in [0.1, 0.15) is 52.4 Å². The number of amides is 1. The Morgan fingerprint density at radius 3 is 2.28 bits per heavy atom. The van der Waals surface area contributed by atoms with Gasteiger partial charge in [-0.25, -0.2) is 9.78 Å². The van der Waals surface area contributed by atoms with Crippen LogP contribution in [0.5, 0.6) is 0 Å². The minimum Gasteiger partial charge on any atom is -0.465 e. The van der Waals surface area contributed by atoms with E-state index in [4.69, 9.17) is 20.9 Å². The van der Waals surface area contributed by atoms with Gasteiger partial charge in [-0.3, -0.25) is 4.90 Å². The number of likely N-dealkylation sites (tertiary alicyclic amines) is 1. The SMILES string of the molecule is CC1(C)OB(c2ccc3cc(-c4ccc(-c5[nH]c(C6CCCN6C(=O)O)nc5Cl)cc4)ccc3c2)OC1(C)C. The largest absolute Gasteiger partial charge is 0.494 e. The number of halogens is 1. The molecular weight excluding hydrogens is 513 g/mol. The number of nitrogens with one attached hydrogen (secondary N) is 1. The van der Waals surface area contributed by atoms with Crippen molar-refractivity contribution in [3.05, 3.63) is 71.6 Å². The van der Waals surface area contributed by atoms with Gasteiger partial charge in [0.05, 0.1) is 22.9 Å². The van der Waals surface area contributed by atoms with Gasteiger partial charge in [-0.05, 0) is 74.0 Å². The fraction of sp³-hybridized carbons (Fsp3) is 0.333. The molecule has 0 aliphatic carbocycles. The van der Waals surface area contributed by atoms with Gasteiger partial charge in [-0.15, -0.1) is 0 Å². The van der Waals surface area contributed by atoms with Crippen molar-refractivity contribution in [2.24, 2.45) is 0 Å². The summed E-state index contributed by atoms with van der Waals surface area (Å²) in [4.78, 5) is 20.7. The molecular formula is C30H31BClN3O4. The van der Waals surface area contributed by atoms with Crippen molar-refractivity contribution in [3.8, 4) is 22.4 Å². The highest BCUT2D eigenvalue weighted by atomic mass is 35.5. The number of aromatic amines is 1. The number of carboxylic acid groups (broad SMARTS) is 1. The van der Waals surface area contributed by atoms with E-state index in [1.54, 1.807) is 0 Å². The van der Waals surface area contributed by atoms with Crippen molar-refractivity contribution in [1.29, 1.82) is 0 Å². The molecule has 2 fully saturated rings. The lowest BCUT2D eigenvalue weighted by Crippen LogP contribution is -2.41. The van der Waals surface area contributed by atoms with Gasteiger partial charge < -0.3 is 19.4 Å². The van der Waals surface area contributed by atoms with Crippen molar-refractivity contribution in [2.75, 3.05) is 6.54 Å². The highest BCUT2D eigenvalue weighted by Crippen LogP contribution is 2.37. The highest BCUT2D eigenvalue weighted by molar-refractivity contribution is 6.62. The van der Waals surface area contributed by atoms with Crippen LogP contribution in [0.25, 0.3) is 33.2 Å². The number of H-pyrrole nitrogens is 1. The summed E-state index contributed by atoms with van der Waals surface area (Å²) in [5, 5.41) is 12.1. The smallest absolute Gasteiger partial charge is 0.465 e. The number of carbonyl (C=O) groups is 1. The molecule has 2 aliphatic heterocycles. The van der Waals surface area contributed by atoms with Gasteiger partial charge in [-0.2, -0.15) is 0 Å². The van der Waals surface area contributed by atoms with Gasteiger partial charge in [0.1, 0.15) is 5.82 Å². The van der Waals surface area contributed by atoms with Crippen molar-refractivity contribution in [1.82, 2.24) is 14.9 Å². The molecule has 1 aromatic heterocycles. The quantitative estimate of drug-likeness (QED) is 0.281. The molecule has 0 bridgehead atoms. The van der Waals surface area contributed by atoms with Crippen LogP contribution in [0.4, 0.5) is 4.79 Å². The summed E-state index contributed by atoms with van der Waals surface area (Å²) in [5.74, 6) is 0.591. The Hall–Kier alpha value is -3.33. The number of hydrogen-bond acceptors (Lipinski definition) is 4. The summed E-state index contributed by atoms with van der Waals surface area (Å²) in [7, 11) is -0.387. The van der Waals surface area contributed by atoms with Crippen LogP contribution >= 0.6 is 11.6 Å². The van der Waals surface area contributed by atoms with E-state index < -0.39 is 6.09 Å². The number of nitrogens with zero attached hydrogens (tertiary/aromatic N) is 2. The van der Waals surface area contributed by atoms with Crippen LogP contribution in [-0.4, -0.2) is 50.9 Å². The molecule has 0 spiro atoms. The fourth-order valence-electron chi connectivity index (χ4n) is 5.40. The molecule has 6 rings (SSSR count). The number of rotatable bonds is 4. The first-order chi connectivity index (χ1) is 18.5. The molecule has 0 saturated carbocycles. The zero-order chi connectivity index (χ0) is 27.5. The fourth-order valence-corrected chi connectivity index (χ4v) is 5.64. The van der Waals surface area contributed by atoms with Crippen molar-refractivity contribution >= 4 is 41.0 Å². The maximum absolute atomic E-state index is 11.6. The highest BCUT2D eigenvalue weighted by Gasteiger charge is 2.51. The van der Waals surface area contributed by atoms with Gasteiger partial charge in [0.2, 0.25) is 0 Å². The number of hydrogen-bond donors (Lipinski definition) is 2. The molecule has 4 aromatic rings. The van der Waals surface area contributed by atoms with Crippen molar-refractivity contribution in [3.63, 3.8) is 0 Å². The monoisotopic (exact) mass is 543 g/mol. The van der Waals surface area contributed by atoms with E-state index in [9.17, 15) is 9.90 Å². The van der Waals surface area contributed by atoms with E-state index in [0.29, 0.717) is 23.2 Å². The molecule has 9 heteroatoms. The molecule has 2 saturated heterocycles. The lowest BCUT2D eigenvalue weighted by molar-refractivity contribution is 0.00578. The summed E-state index contributed by atoms with van der Waals surface area (Å²) in [5.41, 5.74) is 4.05. The Balaban J connectivity index is 1.23. The first kappa shape index (κ1) is 25.9. The van der Waals surface area contributed by atoms with Crippen molar-refractivity contribution in [2.45, 2.75) is 57.8 Å². The summed E-state index contributed by atoms with van der Waals surface area (Å²) in [6, 6.07) is 20.6. The molecule has 7 nitrogen and oxygen atoms in total. The number of aromatic nitrogens is 2. The summed E-state index contributed by atoms with van der Waals surface area (Å²) < 4.78 is 12.5. The predicted octanol–water partition coefficient (Wildman–Crippen LogP) is 6.66. The molecule has 3 aromatic carbocycles. The maximum atomic E-state index is 11.6. The topological polar surface area (TPSA) is 87.7 Å². The number of fused-ring (bicyclic) bond motifs is 1. The van der Waals surface area contributed by atoms with Crippen LogP contribution in [-0.2, 0) is 9.31 Å². The third-order valence-electron chi connectivity index (χ3n) is 8.39.